The van der Waals surface area contributed by atoms with Gasteiger partial charge in [-0.25, -0.2) is 0 Å². The van der Waals surface area contributed by atoms with Gasteiger partial charge in [0.2, 0.25) is 0 Å². The molecule has 99 valence electrons. The number of rotatable bonds is 12. The molecule has 0 rings (SSSR count). The van der Waals surface area contributed by atoms with Crippen LogP contribution in [0.3, 0.4) is 0 Å². The Morgan fingerprint density at radius 1 is 0.562 bits per heavy atom. The largest absolute Gasteiger partial charge is 1.00 e. The first-order chi connectivity index (χ1) is 7.85. The van der Waals surface area contributed by atoms with Crippen molar-refractivity contribution in [3.05, 3.63) is 0 Å². The molecule has 0 aromatic carbocycles. The van der Waals surface area contributed by atoms with Crippen molar-refractivity contribution in [3.8, 4) is 0 Å². The molecule has 0 saturated carbocycles. The van der Waals surface area contributed by atoms with E-state index in [0.717, 1.165) is 0 Å². The average molecular weight is 333 g/mol. The van der Waals surface area contributed by atoms with Crippen molar-refractivity contribution in [2.45, 2.75) is 91.9 Å². The summed E-state index contributed by atoms with van der Waals surface area (Å²) in [5, 5.41) is 0. The molecule has 0 bridgehead atoms. The number of hydrogen-bond acceptors (Lipinski definition) is 0. The molecule has 0 aliphatic heterocycles. The van der Waals surface area contributed by atoms with Crippen LogP contribution in [0.2, 0.25) is 13.3 Å². The Bertz CT molecular complexity index is 104. The maximum Gasteiger partial charge on any atom is -1.00 e. The molecule has 0 spiro atoms. The summed E-state index contributed by atoms with van der Waals surface area (Å²) in [6.07, 6.45) is 13.4. The minimum absolute atomic E-state index is 0. The van der Waals surface area contributed by atoms with Crippen LogP contribution in [0.25, 0.3) is 0 Å². The molecule has 1 heteroatoms. The Morgan fingerprint density at radius 2 is 0.875 bits per heavy atom. The van der Waals surface area contributed by atoms with E-state index >= 15 is 0 Å². The number of unbranched alkanes of at least 4 members (excludes halogenated alkanes) is 6. The van der Waals surface area contributed by atoms with Crippen LogP contribution in [-0.4, -0.2) is 19.8 Å². The van der Waals surface area contributed by atoms with Crippen LogP contribution in [0.5, 0.6) is 0 Å². The van der Waals surface area contributed by atoms with E-state index in [1.54, 1.807) is 32.6 Å². The molecule has 16 heavy (non-hydrogen) atoms. The molecule has 0 unspecified atom stereocenters. The zero-order valence-electron chi connectivity index (χ0n) is 13.0. The van der Waals surface area contributed by atoms with Gasteiger partial charge in [0.25, 0.3) is 0 Å². The normalized spacial score (nSPS) is 11.2. The van der Waals surface area contributed by atoms with Crippen LogP contribution in [-0.2, 0) is 0 Å². The molecule has 0 atom stereocenters. The van der Waals surface area contributed by atoms with E-state index in [9.17, 15) is 0 Å². The van der Waals surface area contributed by atoms with Crippen LogP contribution in [0, 0.1) is 0 Å². The molecule has 0 N–H and O–H groups in total. The molecule has 0 aromatic heterocycles. The van der Waals surface area contributed by atoms with Gasteiger partial charge in [-0.05, 0) is 0 Å². The summed E-state index contributed by atoms with van der Waals surface area (Å²) in [5.74, 6) is 0. The fourth-order valence-corrected chi connectivity index (χ4v) is 10.8. The fraction of sp³-hybridized carbons (Fsp3) is 1.00. The molecule has 0 aromatic rings. The summed E-state index contributed by atoms with van der Waals surface area (Å²) in [6, 6.07) is 0. The monoisotopic (exact) mass is 334 g/mol. The van der Waals surface area contributed by atoms with Crippen molar-refractivity contribution in [2.75, 3.05) is 0 Å². The Balaban J connectivity index is 0. The molecule has 0 heterocycles. The molecule has 1 radical (unpaired) electrons. The summed E-state index contributed by atoms with van der Waals surface area (Å²) in [7, 11) is 0. The van der Waals surface area contributed by atoms with Crippen molar-refractivity contribution < 1.29 is 1.43 Å². The van der Waals surface area contributed by atoms with Crippen LogP contribution in [0.4, 0.5) is 0 Å². The van der Waals surface area contributed by atoms with E-state index in [1.807, 2.05) is 0 Å². The first-order valence-electron chi connectivity index (χ1n) is 7.68. The molecule has 0 aliphatic rings. The zero-order chi connectivity index (χ0) is 12.1. The smallest absolute Gasteiger partial charge is 1.00 e. The van der Waals surface area contributed by atoms with E-state index in [4.69, 9.17) is 0 Å². The molecule has 0 aliphatic carbocycles. The van der Waals surface area contributed by atoms with Crippen molar-refractivity contribution in [1.29, 1.82) is 0 Å². The minimum Gasteiger partial charge on any atom is -1.00 e. The standard InChI is InChI=1S/3C5H11.Sn.H/c3*1-3-5-4-2;;/h3*1,3-5H2,2H3;;/q;;;;-1. The van der Waals surface area contributed by atoms with Gasteiger partial charge >= 0.3 is 112 Å². The molecule has 0 nitrogen and oxygen atoms in total. The van der Waals surface area contributed by atoms with Gasteiger partial charge in [-0.1, -0.05) is 0 Å². The summed E-state index contributed by atoms with van der Waals surface area (Å²) < 4.78 is 5.09. The Morgan fingerprint density at radius 3 is 1.12 bits per heavy atom. The Kier molecular flexibility index (Phi) is 14.6. The van der Waals surface area contributed by atoms with Gasteiger partial charge in [0.15, 0.2) is 0 Å². The van der Waals surface area contributed by atoms with Crippen LogP contribution >= 0.6 is 0 Å². The van der Waals surface area contributed by atoms with Gasteiger partial charge in [0.05, 0.1) is 0 Å². The fourth-order valence-electron chi connectivity index (χ4n) is 2.25. The van der Waals surface area contributed by atoms with Crippen molar-refractivity contribution >= 4 is 19.8 Å². The van der Waals surface area contributed by atoms with E-state index in [2.05, 4.69) is 20.8 Å². The van der Waals surface area contributed by atoms with Gasteiger partial charge in [0.1, 0.15) is 0 Å². The van der Waals surface area contributed by atoms with Gasteiger partial charge < -0.3 is 1.43 Å². The molecule has 0 saturated heterocycles. The Hall–Kier alpha value is 0.799. The van der Waals surface area contributed by atoms with Gasteiger partial charge in [-0.2, -0.15) is 0 Å². The minimum atomic E-state index is -0.900. The Labute approximate surface area is 113 Å². The zero-order valence-corrected chi connectivity index (χ0v) is 14.8. The van der Waals surface area contributed by atoms with Gasteiger partial charge in [-0.15, -0.1) is 0 Å². The van der Waals surface area contributed by atoms with Gasteiger partial charge in [0, 0.05) is 0 Å². The third-order valence-electron chi connectivity index (χ3n) is 3.40. The second-order valence-electron chi connectivity index (χ2n) is 5.12. The molecule has 0 amide bonds. The SMILES string of the molecule is CCCC[CH2][Sn]([CH2]CCCC)[CH2]CCCC.[H-]. The van der Waals surface area contributed by atoms with Crippen LogP contribution < -0.4 is 0 Å². The second-order valence-corrected chi connectivity index (χ2v) is 13.7. The first kappa shape index (κ1) is 16.8. The predicted molar refractivity (Wildman–Crippen MR) is 79.9 cm³/mol. The quantitative estimate of drug-likeness (QED) is 0.296. The summed E-state index contributed by atoms with van der Waals surface area (Å²) >= 11 is -0.900. The summed E-state index contributed by atoms with van der Waals surface area (Å²) in [5.41, 5.74) is 0. The van der Waals surface area contributed by atoms with Crippen LogP contribution in [0.1, 0.15) is 80.0 Å². The van der Waals surface area contributed by atoms with Crippen molar-refractivity contribution in [3.63, 3.8) is 0 Å². The van der Waals surface area contributed by atoms with E-state index in [0.29, 0.717) is 0 Å². The van der Waals surface area contributed by atoms with E-state index < -0.39 is 19.8 Å². The molecular weight excluding hydrogens is 299 g/mol. The number of hydrogen-bond donors (Lipinski definition) is 0. The van der Waals surface area contributed by atoms with E-state index in [1.165, 1.54) is 38.5 Å². The first-order valence-corrected chi connectivity index (χ1v) is 13.7. The van der Waals surface area contributed by atoms with Crippen LogP contribution in [0.15, 0.2) is 0 Å². The molecular formula is C15H34Sn-. The third kappa shape index (κ3) is 11.3. The third-order valence-corrected chi connectivity index (χ3v) is 12.5. The maximum absolute atomic E-state index is 2.33. The van der Waals surface area contributed by atoms with Crippen molar-refractivity contribution in [2.24, 2.45) is 0 Å². The summed E-state index contributed by atoms with van der Waals surface area (Å²) in [4.78, 5) is 0. The van der Waals surface area contributed by atoms with Crippen molar-refractivity contribution in [1.82, 2.24) is 0 Å². The maximum atomic E-state index is 2.33. The summed E-state index contributed by atoms with van der Waals surface area (Å²) in [6.45, 7) is 6.99. The second kappa shape index (κ2) is 13.9. The van der Waals surface area contributed by atoms with E-state index in [-0.39, 0.29) is 1.43 Å². The topological polar surface area (TPSA) is 0 Å². The van der Waals surface area contributed by atoms with Gasteiger partial charge in [-0.3, -0.25) is 0 Å². The average Bonchev–Trinajstić information content (AvgIpc) is 2.29. The predicted octanol–water partition coefficient (Wildman–Crippen LogP) is 6.16. The molecule has 0 fully saturated rings.